The molecule has 0 amide bonds. The largest absolute Gasteiger partial charge is 0.344 e. The summed E-state index contributed by atoms with van der Waals surface area (Å²) in [7, 11) is 1.95. The van der Waals surface area contributed by atoms with Crippen molar-refractivity contribution in [2.24, 2.45) is 0 Å². The molecule has 0 saturated carbocycles. The zero-order valence-corrected chi connectivity index (χ0v) is 11.8. The topological polar surface area (TPSA) is 34.8 Å². The Morgan fingerprint density at radius 3 is 2.89 bits per heavy atom. The molecule has 0 atom stereocenters. The molecule has 0 aliphatic heterocycles. The molecule has 98 valence electrons. The molecule has 0 fully saturated rings. The normalized spacial score (nSPS) is 11.1. The Balaban J connectivity index is 2.30. The molecule has 0 unspecified atom stereocenters. The van der Waals surface area contributed by atoms with Gasteiger partial charge in [-0.2, -0.15) is 5.10 Å². The quantitative estimate of drug-likeness (QED) is 0.902. The molecular formula is C13H19ClN4. The third-order valence-corrected chi connectivity index (χ3v) is 3.55. The van der Waals surface area contributed by atoms with Crippen LogP contribution in [0.5, 0.6) is 0 Å². The number of aryl methyl sites for hydroxylation is 2. The fourth-order valence-corrected chi connectivity index (χ4v) is 2.32. The highest BCUT2D eigenvalue weighted by Crippen LogP contribution is 2.21. The van der Waals surface area contributed by atoms with Crippen molar-refractivity contribution >= 4 is 11.6 Å². The van der Waals surface area contributed by atoms with Gasteiger partial charge in [-0.25, -0.2) is 0 Å². The number of hydrogen-bond donors (Lipinski definition) is 1. The molecule has 18 heavy (non-hydrogen) atoms. The van der Waals surface area contributed by atoms with Gasteiger partial charge < -0.3 is 9.88 Å². The van der Waals surface area contributed by atoms with Crippen LogP contribution in [0.25, 0.3) is 0 Å². The minimum absolute atomic E-state index is 0.761. The van der Waals surface area contributed by atoms with Crippen LogP contribution in [0.1, 0.15) is 24.0 Å². The maximum absolute atomic E-state index is 6.33. The summed E-state index contributed by atoms with van der Waals surface area (Å²) in [4.78, 5) is 0. The second-order valence-corrected chi connectivity index (χ2v) is 4.70. The fourth-order valence-electron chi connectivity index (χ4n) is 2.13. The lowest BCUT2D eigenvalue weighted by Crippen LogP contribution is -2.13. The number of hydrogen-bond acceptors (Lipinski definition) is 2. The van der Waals surface area contributed by atoms with E-state index in [4.69, 9.17) is 11.6 Å². The minimum atomic E-state index is 0.761. The van der Waals surface area contributed by atoms with Gasteiger partial charge in [-0.15, -0.1) is 0 Å². The molecule has 0 saturated heterocycles. The lowest BCUT2D eigenvalue weighted by atomic mass is 10.3. The van der Waals surface area contributed by atoms with Crippen molar-refractivity contribution in [3.8, 4) is 0 Å². The van der Waals surface area contributed by atoms with Gasteiger partial charge in [0.15, 0.2) is 0 Å². The second-order valence-electron chi connectivity index (χ2n) is 4.32. The predicted molar refractivity (Wildman–Crippen MR) is 73.9 cm³/mol. The first-order valence-electron chi connectivity index (χ1n) is 6.17. The van der Waals surface area contributed by atoms with Crippen LogP contribution < -0.4 is 5.32 Å². The van der Waals surface area contributed by atoms with Crippen molar-refractivity contribution in [3.05, 3.63) is 40.4 Å². The molecular weight excluding hydrogens is 248 g/mol. The van der Waals surface area contributed by atoms with Crippen LogP contribution in [0, 0.1) is 6.92 Å². The fraction of sp³-hybridized carbons (Fsp3) is 0.462. The first-order valence-corrected chi connectivity index (χ1v) is 6.55. The first-order chi connectivity index (χ1) is 8.67. The third-order valence-electron chi connectivity index (χ3n) is 3.05. The Hall–Kier alpha value is -1.26. The van der Waals surface area contributed by atoms with Crippen molar-refractivity contribution < 1.29 is 0 Å². The van der Waals surface area contributed by atoms with Gasteiger partial charge in [0.1, 0.15) is 0 Å². The molecule has 0 aliphatic carbocycles. The van der Waals surface area contributed by atoms with Gasteiger partial charge in [0.25, 0.3) is 0 Å². The molecule has 0 aliphatic rings. The lowest BCUT2D eigenvalue weighted by molar-refractivity contribution is 0.587. The van der Waals surface area contributed by atoms with Crippen molar-refractivity contribution in [1.29, 1.82) is 0 Å². The van der Waals surface area contributed by atoms with Gasteiger partial charge in [0.2, 0.25) is 0 Å². The van der Waals surface area contributed by atoms with E-state index in [1.807, 2.05) is 18.7 Å². The molecule has 2 heterocycles. The Labute approximate surface area is 113 Å². The number of rotatable bonds is 5. The van der Waals surface area contributed by atoms with Crippen molar-refractivity contribution in [1.82, 2.24) is 19.7 Å². The van der Waals surface area contributed by atoms with Crippen LogP contribution in [-0.2, 0) is 19.6 Å². The predicted octanol–water partition coefficient (Wildman–Crippen LogP) is 2.43. The van der Waals surface area contributed by atoms with E-state index in [1.54, 1.807) is 0 Å². The summed E-state index contributed by atoms with van der Waals surface area (Å²) in [5.74, 6) is 0. The van der Waals surface area contributed by atoms with E-state index in [-0.39, 0.29) is 0 Å². The molecule has 5 heteroatoms. The Kier molecular flexibility index (Phi) is 4.09. The molecule has 1 N–H and O–H groups in total. The molecule has 4 nitrogen and oxygen atoms in total. The van der Waals surface area contributed by atoms with Crippen LogP contribution in [-0.4, -0.2) is 21.4 Å². The van der Waals surface area contributed by atoms with Gasteiger partial charge in [0.05, 0.1) is 23.0 Å². The van der Waals surface area contributed by atoms with Gasteiger partial charge >= 0.3 is 0 Å². The van der Waals surface area contributed by atoms with E-state index >= 15 is 0 Å². The Bertz CT molecular complexity index is 527. The Morgan fingerprint density at radius 1 is 1.44 bits per heavy atom. The van der Waals surface area contributed by atoms with E-state index in [2.05, 4.69) is 40.2 Å². The standard InChI is InChI=1S/C13H19ClN4/c1-4-18-12(13(14)10(2)16-18)9-17-7-5-6-11(17)8-15-3/h5-7,15H,4,8-9H2,1-3H3. The number of halogens is 1. The monoisotopic (exact) mass is 266 g/mol. The summed E-state index contributed by atoms with van der Waals surface area (Å²) in [5.41, 5.74) is 3.22. The van der Waals surface area contributed by atoms with Gasteiger partial charge in [-0.05, 0) is 33.0 Å². The summed E-state index contributed by atoms with van der Waals surface area (Å²) in [6, 6.07) is 4.17. The number of nitrogens with zero attached hydrogens (tertiary/aromatic N) is 3. The Morgan fingerprint density at radius 2 is 2.22 bits per heavy atom. The molecule has 2 rings (SSSR count). The summed E-state index contributed by atoms with van der Waals surface area (Å²) < 4.78 is 4.17. The summed E-state index contributed by atoms with van der Waals surface area (Å²) in [6.45, 7) is 6.48. The number of aromatic nitrogens is 3. The lowest BCUT2D eigenvalue weighted by Gasteiger charge is -2.10. The van der Waals surface area contributed by atoms with Crippen LogP contribution in [0.2, 0.25) is 5.02 Å². The minimum Gasteiger partial charge on any atom is -0.344 e. The van der Waals surface area contributed by atoms with Crippen LogP contribution in [0.15, 0.2) is 18.3 Å². The van der Waals surface area contributed by atoms with Gasteiger partial charge in [0, 0.05) is 25.0 Å². The first kappa shape index (κ1) is 13.2. The molecule has 0 radical (unpaired) electrons. The summed E-state index contributed by atoms with van der Waals surface area (Å²) in [6.07, 6.45) is 2.07. The molecule has 2 aromatic heterocycles. The SMILES string of the molecule is CCn1nc(C)c(Cl)c1Cn1cccc1CNC. The number of nitrogens with one attached hydrogen (secondary N) is 1. The van der Waals surface area contributed by atoms with Crippen LogP contribution in [0.3, 0.4) is 0 Å². The van der Waals surface area contributed by atoms with Crippen LogP contribution in [0.4, 0.5) is 0 Å². The van der Waals surface area contributed by atoms with E-state index in [0.29, 0.717) is 0 Å². The average Bonchev–Trinajstić information content (AvgIpc) is 2.90. The van der Waals surface area contributed by atoms with E-state index in [9.17, 15) is 0 Å². The smallest absolute Gasteiger partial charge is 0.0865 e. The van der Waals surface area contributed by atoms with Crippen LogP contribution >= 0.6 is 11.6 Å². The van der Waals surface area contributed by atoms with E-state index in [0.717, 1.165) is 36.0 Å². The van der Waals surface area contributed by atoms with E-state index in [1.165, 1.54) is 5.69 Å². The van der Waals surface area contributed by atoms with Crippen molar-refractivity contribution in [3.63, 3.8) is 0 Å². The average molecular weight is 267 g/mol. The van der Waals surface area contributed by atoms with Crippen molar-refractivity contribution in [2.45, 2.75) is 33.5 Å². The zero-order valence-electron chi connectivity index (χ0n) is 11.1. The second kappa shape index (κ2) is 5.59. The summed E-state index contributed by atoms with van der Waals surface area (Å²) in [5, 5.41) is 8.39. The zero-order chi connectivity index (χ0) is 13.1. The van der Waals surface area contributed by atoms with Gasteiger partial charge in [-0.1, -0.05) is 11.6 Å². The maximum Gasteiger partial charge on any atom is 0.0865 e. The maximum atomic E-state index is 6.33. The summed E-state index contributed by atoms with van der Waals surface area (Å²) >= 11 is 6.33. The van der Waals surface area contributed by atoms with Crippen molar-refractivity contribution in [2.75, 3.05) is 7.05 Å². The molecule has 0 bridgehead atoms. The highest BCUT2D eigenvalue weighted by Gasteiger charge is 2.13. The highest BCUT2D eigenvalue weighted by atomic mass is 35.5. The third kappa shape index (κ3) is 2.44. The van der Waals surface area contributed by atoms with E-state index < -0.39 is 0 Å². The molecule has 2 aromatic rings. The molecule has 0 aromatic carbocycles. The van der Waals surface area contributed by atoms with Gasteiger partial charge in [-0.3, -0.25) is 4.68 Å². The molecule has 0 spiro atoms. The highest BCUT2D eigenvalue weighted by molar-refractivity contribution is 6.31.